The quantitative estimate of drug-likeness (QED) is 0.666. The maximum absolute atomic E-state index is 13.0. The second-order valence-electron chi connectivity index (χ2n) is 7.35. The van der Waals surface area contributed by atoms with Crippen LogP contribution in [0.3, 0.4) is 0 Å². The standard InChI is InChI=1S/C20H23FN4OS/c1-24(12-14-7-9-16(21)10-8-14)13-17-11-18(26)25-20(22-17)27-19(23-25)15-5-3-2-4-6-15/h7-11,15H,2-6,12-13H2,1H3. The lowest BCUT2D eigenvalue weighted by Crippen LogP contribution is -2.21. The second-order valence-corrected chi connectivity index (χ2v) is 8.34. The monoisotopic (exact) mass is 386 g/mol. The molecule has 0 aliphatic heterocycles. The summed E-state index contributed by atoms with van der Waals surface area (Å²) < 4.78 is 14.5. The van der Waals surface area contributed by atoms with Crippen molar-refractivity contribution in [1.82, 2.24) is 19.5 Å². The van der Waals surface area contributed by atoms with Gasteiger partial charge in [-0.25, -0.2) is 9.37 Å². The summed E-state index contributed by atoms with van der Waals surface area (Å²) in [5.74, 6) is 0.231. The average molecular weight is 386 g/mol. The Hall–Kier alpha value is -2.12. The van der Waals surface area contributed by atoms with Gasteiger partial charge in [-0.3, -0.25) is 9.69 Å². The Morgan fingerprint density at radius 3 is 2.67 bits per heavy atom. The van der Waals surface area contributed by atoms with E-state index in [2.05, 4.69) is 15.0 Å². The van der Waals surface area contributed by atoms with Crippen LogP contribution >= 0.6 is 11.3 Å². The van der Waals surface area contributed by atoms with Crippen molar-refractivity contribution in [3.8, 4) is 0 Å². The van der Waals surface area contributed by atoms with Crippen molar-refractivity contribution in [2.75, 3.05) is 7.05 Å². The molecule has 0 amide bonds. The van der Waals surface area contributed by atoms with Crippen LogP contribution in [0.1, 0.15) is 54.3 Å². The molecule has 4 rings (SSSR count). The number of hydrogen-bond donors (Lipinski definition) is 0. The van der Waals surface area contributed by atoms with Crippen molar-refractivity contribution in [3.63, 3.8) is 0 Å². The minimum atomic E-state index is -0.236. The lowest BCUT2D eigenvalue weighted by Gasteiger charge is -2.18. The molecule has 27 heavy (non-hydrogen) atoms. The predicted molar refractivity (Wildman–Crippen MR) is 105 cm³/mol. The normalized spacial score (nSPS) is 15.7. The number of aromatic nitrogens is 3. The third-order valence-electron chi connectivity index (χ3n) is 5.07. The van der Waals surface area contributed by atoms with Crippen LogP contribution in [0.5, 0.6) is 0 Å². The first-order valence-corrected chi connectivity index (χ1v) is 10.2. The Labute approximate surface area is 161 Å². The van der Waals surface area contributed by atoms with Gasteiger partial charge in [0, 0.05) is 25.1 Å². The zero-order valence-electron chi connectivity index (χ0n) is 15.4. The molecule has 1 aliphatic carbocycles. The highest BCUT2D eigenvalue weighted by Crippen LogP contribution is 2.34. The number of nitrogens with zero attached hydrogens (tertiary/aromatic N) is 4. The molecule has 2 aromatic heterocycles. The molecule has 0 spiro atoms. The third kappa shape index (κ3) is 4.25. The summed E-state index contributed by atoms with van der Waals surface area (Å²) in [6.45, 7) is 1.22. The molecule has 0 unspecified atom stereocenters. The maximum atomic E-state index is 13.0. The zero-order valence-corrected chi connectivity index (χ0v) is 16.2. The molecular formula is C20H23FN4OS. The average Bonchev–Trinajstić information content (AvgIpc) is 3.09. The Balaban J connectivity index is 1.51. The summed E-state index contributed by atoms with van der Waals surface area (Å²) in [5, 5.41) is 5.58. The van der Waals surface area contributed by atoms with E-state index in [0.29, 0.717) is 24.0 Å². The fourth-order valence-corrected chi connectivity index (χ4v) is 4.79. The van der Waals surface area contributed by atoms with E-state index < -0.39 is 0 Å². The van der Waals surface area contributed by atoms with Crippen LogP contribution in [-0.4, -0.2) is 26.5 Å². The van der Waals surface area contributed by atoms with Crippen molar-refractivity contribution >= 4 is 16.3 Å². The van der Waals surface area contributed by atoms with Gasteiger partial charge in [0.2, 0.25) is 4.96 Å². The zero-order chi connectivity index (χ0) is 18.8. The largest absolute Gasteiger partial charge is 0.296 e. The topological polar surface area (TPSA) is 50.5 Å². The number of hydrogen-bond acceptors (Lipinski definition) is 5. The van der Waals surface area contributed by atoms with Gasteiger partial charge >= 0.3 is 0 Å². The van der Waals surface area contributed by atoms with E-state index in [0.717, 1.165) is 29.1 Å². The second kappa shape index (κ2) is 7.86. The highest BCUT2D eigenvalue weighted by atomic mass is 32.1. The van der Waals surface area contributed by atoms with Gasteiger partial charge in [0.25, 0.3) is 5.56 Å². The molecule has 7 heteroatoms. The highest BCUT2D eigenvalue weighted by molar-refractivity contribution is 7.16. The van der Waals surface area contributed by atoms with Gasteiger partial charge in [-0.15, -0.1) is 0 Å². The number of rotatable bonds is 5. The van der Waals surface area contributed by atoms with Crippen LogP contribution in [0.4, 0.5) is 4.39 Å². The third-order valence-corrected chi connectivity index (χ3v) is 6.14. The van der Waals surface area contributed by atoms with Crippen molar-refractivity contribution in [2.45, 2.75) is 51.1 Å². The van der Waals surface area contributed by atoms with E-state index >= 15 is 0 Å². The summed E-state index contributed by atoms with van der Waals surface area (Å²) in [4.78, 5) is 19.9. The van der Waals surface area contributed by atoms with Crippen molar-refractivity contribution in [2.24, 2.45) is 0 Å². The van der Waals surface area contributed by atoms with Crippen LogP contribution in [0.15, 0.2) is 35.1 Å². The number of benzene rings is 1. The summed E-state index contributed by atoms with van der Waals surface area (Å²) in [7, 11) is 1.97. The van der Waals surface area contributed by atoms with Crippen molar-refractivity contribution < 1.29 is 4.39 Å². The van der Waals surface area contributed by atoms with Gasteiger partial charge in [0.15, 0.2) is 0 Å². The SMILES string of the molecule is CN(Cc1ccc(F)cc1)Cc1cc(=O)n2nc(C3CCCCC3)sc2n1. The fourth-order valence-electron chi connectivity index (χ4n) is 3.70. The van der Waals surface area contributed by atoms with E-state index in [1.807, 2.05) is 7.05 Å². The molecule has 1 fully saturated rings. The molecule has 0 radical (unpaired) electrons. The van der Waals surface area contributed by atoms with E-state index in [9.17, 15) is 9.18 Å². The van der Waals surface area contributed by atoms with Crippen LogP contribution in [0, 0.1) is 5.82 Å². The molecule has 1 aromatic carbocycles. The Bertz CT molecular complexity index is 976. The molecule has 0 atom stereocenters. The summed E-state index contributed by atoms with van der Waals surface area (Å²) in [5.41, 5.74) is 1.64. The van der Waals surface area contributed by atoms with E-state index in [1.54, 1.807) is 29.5 Å². The van der Waals surface area contributed by atoms with Crippen molar-refractivity contribution in [1.29, 1.82) is 0 Å². The van der Waals surface area contributed by atoms with Gasteiger partial charge in [0.1, 0.15) is 10.8 Å². The first-order valence-electron chi connectivity index (χ1n) is 9.41. The van der Waals surface area contributed by atoms with Crippen LogP contribution < -0.4 is 5.56 Å². The first kappa shape index (κ1) is 18.3. The molecule has 5 nitrogen and oxygen atoms in total. The van der Waals surface area contributed by atoms with Crippen LogP contribution in [-0.2, 0) is 13.1 Å². The lowest BCUT2D eigenvalue weighted by atomic mass is 9.90. The number of halogens is 1. The Morgan fingerprint density at radius 1 is 1.19 bits per heavy atom. The van der Waals surface area contributed by atoms with Crippen LogP contribution in [0.25, 0.3) is 4.96 Å². The lowest BCUT2D eigenvalue weighted by molar-refractivity contribution is 0.315. The van der Waals surface area contributed by atoms with E-state index in [-0.39, 0.29) is 11.4 Å². The minimum Gasteiger partial charge on any atom is -0.296 e. The van der Waals surface area contributed by atoms with Gasteiger partial charge in [-0.2, -0.15) is 9.61 Å². The molecule has 142 valence electrons. The van der Waals surface area contributed by atoms with E-state index in [4.69, 9.17) is 0 Å². The molecule has 2 heterocycles. The minimum absolute atomic E-state index is 0.122. The smallest absolute Gasteiger partial charge is 0.275 e. The number of fused-ring (bicyclic) bond motifs is 1. The molecular weight excluding hydrogens is 363 g/mol. The predicted octanol–water partition coefficient (Wildman–Crippen LogP) is 3.97. The van der Waals surface area contributed by atoms with Gasteiger partial charge < -0.3 is 0 Å². The molecule has 0 saturated heterocycles. The van der Waals surface area contributed by atoms with Gasteiger partial charge in [-0.05, 0) is 37.6 Å². The van der Waals surface area contributed by atoms with E-state index in [1.165, 1.54) is 35.9 Å². The summed E-state index contributed by atoms with van der Waals surface area (Å²) in [6, 6.07) is 8.04. The fraction of sp³-hybridized carbons (Fsp3) is 0.450. The van der Waals surface area contributed by atoms with Gasteiger partial charge in [0.05, 0.1) is 5.69 Å². The maximum Gasteiger partial charge on any atom is 0.275 e. The molecule has 3 aromatic rings. The van der Waals surface area contributed by atoms with Crippen molar-refractivity contribution in [3.05, 3.63) is 62.8 Å². The van der Waals surface area contributed by atoms with Crippen LogP contribution in [0.2, 0.25) is 0 Å². The summed E-state index contributed by atoms with van der Waals surface area (Å²) >= 11 is 1.55. The molecule has 1 saturated carbocycles. The highest BCUT2D eigenvalue weighted by Gasteiger charge is 2.20. The van der Waals surface area contributed by atoms with Gasteiger partial charge in [-0.1, -0.05) is 42.7 Å². The molecule has 0 bridgehead atoms. The summed E-state index contributed by atoms with van der Waals surface area (Å²) in [6.07, 6.45) is 6.08. The Kier molecular flexibility index (Phi) is 5.31. The molecule has 1 aliphatic rings. The Morgan fingerprint density at radius 2 is 1.93 bits per heavy atom. The molecule has 0 N–H and O–H groups in total. The first-order chi connectivity index (χ1) is 13.1.